The van der Waals surface area contributed by atoms with Gasteiger partial charge >= 0.3 is 0 Å². The van der Waals surface area contributed by atoms with Crippen LogP contribution in [0.25, 0.3) is 22.4 Å². The maximum atomic E-state index is 13.0. The SMILES string of the molecule is Cn1ncc2c(=O)n(Cc3nc(-c4ccc(F)cc4)no3)cnc21. The Balaban J connectivity index is 1.65. The summed E-state index contributed by atoms with van der Waals surface area (Å²) in [6, 6.07) is 5.74. The molecule has 3 aromatic heterocycles. The molecule has 0 atom stereocenters. The van der Waals surface area contributed by atoms with Gasteiger partial charge in [0.05, 0.1) is 6.20 Å². The quantitative estimate of drug-likeness (QED) is 0.564. The van der Waals surface area contributed by atoms with Gasteiger partial charge in [0.15, 0.2) is 5.65 Å². The van der Waals surface area contributed by atoms with Crippen molar-refractivity contribution >= 4 is 11.0 Å². The Hall–Kier alpha value is -3.36. The monoisotopic (exact) mass is 326 g/mol. The molecule has 8 nitrogen and oxygen atoms in total. The molecule has 0 saturated heterocycles. The third-order valence-electron chi connectivity index (χ3n) is 3.59. The van der Waals surface area contributed by atoms with E-state index >= 15 is 0 Å². The van der Waals surface area contributed by atoms with Crippen LogP contribution in [0.3, 0.4) is 0 Å². The highest BCUT2D eigenvalue weighted by Gasteiger charge is 2.13. The minimum Gasteiger partial charge on any atom is -0.337 e. The van der Waals surface area contributed by atoms with Gasteiger partial charge in [0.1, 0.15) is 24.1 Å². The second kappa shape index (κ2) is 5.37. The molecule has 24 heavy (non-hydrogen) atoms. The number of aromatic nitrogens is 6. The van der Waals surface area contributed by atoms with Crippen molar-refractivity contribution in [3.8, 4) is 11.4 Å². The summed E-state index contributed by atoms with van der Waals surface area (Å²) in [6.07, 6.45) is 2.88. The predicted octanol–water partition coefficient (Wildman–Crippen LogP) is 1.37. The Labute approximate surface area is 134 Å². The van der Waals surface area contributed by atoms with Gasteiger partial charge in [0.2, 0.25) is 11.7 Å². The molecule has 0 bridgehead atoms. The summed E-state index contributed by atoms with van der Waals surface area (Å²) >= 11 is 0. The zero-order valence-electron chi connectivity index (χ0n) is 12.5. The van der Waals surface area contributed by atoms with Gasteiger partial charge < -0.3 is 4.52 Å². The lowest BCUT2D eigenvalue weighted by atomic mass is 10.2. The van der Waals surface area contributed by atoms with Gasteiger partial charge in [-0.1, -0.05) is 5.16 Å². The Bertz CT molecular complexity index is 1080. The van der Waals surface area contributed by atoms with Crippen molar-refractivity contribution in [2.24, 2.45) is 7.05 Å². The van der Waals surface area contributed by atoms with E-state index in [1.54, 1.807) is 19.2 Å². The van der Waals surface area contributed by atoms with Crippen molar-refractivity contribution in [2.45, 2.75) is 6.54 Å². The fraction of sp³-hybridized carbons (Fsp3) is 0.133. The number of halogens is 1. The second-order valence-corrected chi connectivity index (χ2v) is 5.20. The number of rotatable bonds is 3. The highest BCUT2D eigenvalue weighted by Crippen LogP contribution is 2.16. The van der Waals surface area contributed by atoms with E-state index in [0.29, 0.717) is 22.4 Å². The number of fused-ring (bicyclic) bond motifs is 1. The Morgan fingerprint density at radius 3 is 2.83 bits per heavy atom. The molecule has 0 aliphatic heterocycles. The molecule has 4 rings (SSSR count). The van der Waals surface area contributed by atoms with Gasteiger partial charge in [-0.15, -0.1) is 0 Å². The fourth-order valence-corrected chi connectivity index (χ4v) is 2.36. The van der Waals surface area contributed by atoms with Crippen molar-refractivity contribution in [2.75, 3.05) is 0 Å². The van der Waals surface area contributed by atoms with Gasteiger partial charge in [-0.2, -0.15) is 10.1 Å². The molecule has 3 heterocycles. The topological polar surface area (TPSA) is 91.6 Å². The normalized spacial score (nSPS) is 11.2. The van der Waals surface area contributed by atoms with Crippen LogP contribution in [0, 0.1) is 5.82 Å². The molecule has 0 aliphatic rings. The lowest BCUT2D eigenvalue weighted by molar-refractivity contribution is 0.369. The summed E-state index contributed by atoms with van der Waals surface area (Å²) in [5.41, 5.74) is 0.892. The van der Waals surface area contributed by atoms with E-state index in [4.69, 9.17) is 4.52 Å². The number of nitrogens with zero attached hydrogens (tertiary/aromatic N) is 6. The first-order valence-electron chi connectivity index (χ1n) is 7.07. The largest absolute Gasteiger partial charge is 0.337 e. The van der Waals surface area contributed by atoms with Crippen LogP contribution in [-0.4, -0.2) is 29.5 Å². The van der Waals surface area contributed by atoms with E-state index < -0.39 is 0 Å². The number of hydrogen-bond donors (Lipinski definition) is 0. The first-order chi connectivity index (χ1) is 11.6. The molecule has 9 heteroatoms. The Kier molecular flexibility index (Phi) is 3.19. The van der Waals surface area contributed by atoms with Crippen LogP contribution in [0.15, 0.2) is 46.1 Å². The van der Waals surface area contributed by atoms with E-state index in [9.17, 15) is 9.18 Å². The van der Waals surface area contributed by atoms with Gasteiger partial charge in [0, 0.05) is 12.6 Å². The molecular formula is C15H11FN6O2. The number of aryl methyl sites for hydroxylation is 1. The molecule has 0 aliphatic carbocycles. The van der Waals surface area contributed by atoms with Crippen LogP contribution in [0.2, 0.25) is 0 Å². The highest BCUT2D eigenvalue weighted by molar-refractivity contribution is 5.72. The van der Waals surface area contributed by atoms with Gasteiger partial charge in [-0.25, -0.2) is 9.37 Å². The van der Waals surface area contributed by atoms with Crippen LogP contribution < -0.4 is 5.56 Å². The van der Waals surface area contributed by atoms with Gasteiger partial charge in [0.25, 0.3) is 5.56 Å². The first-order valence-corrected chi connectivity index (χ1v) is 7.07. The first kappa shape index (κ1) is 14.2. The third kappa shape index (κ3) is 2.35. The van der Waals surface area contributed by atoms with E-state index in [-0.39, 0.29) is 23.8 Å². The summed E-state index contributed by atoms with van der Waals surface area (Å²) in [5.74, 6) is 0.236. The smallest absolute Gasteiger partial charge is 0.264 e. The maximum Gasteiger partial charge on any atom is 0.264 e. The minimum absolute atomic E-state index is 0.0882. The number of hydrogen-bond acceptors (Lipinski definition) is 6. The van der Waals surface area contributed by atoms with Crippen LogP contribution in [0.4, 0.5) is 4.39 Å². The average Bonchev–Trinajstić information content (AvgIpc) is 3.19. The highest BCUT2D eigenvalue weighted by atomic mass is 19.1. The Morgan fingerprint density at radius 1 is 1.25 bits per heavy atom. The van der Waals surface area contributed by atoms with Crippen LogP contribution in [-0.2, 0) is 13.6 Å². The second-order valence-electron chi connectivity index (χ2n) is 5.20. The molecule has 0 amide bonds. The standard InChI is InChI=1S/C15H11FN6O2/c1-21-14-11(6-18-21)15(23)22(8-17-14)7-12-19-13(20-24-12)9-2-4-10(16)5-3-9/h2-6,8H,7H2,1H3. The van der Waals surface area contributed by atoms with Crippen molar-refractivity contribution in [1.29, 1.82) is 0 Å². The summed E-state index contributed by atoms with van der Waals surface area (Å²) in [7, 11) is 1.71. The number of benzene rings is 1. The Morgan fingerprint density at radius 2 is 2.04 bits per heavy atom. The summed E-state index contributed by atoms with van der Waals surface area (Å²) in [4.78, 5) is 20.8. The molecule has 0 spiro atoms. The van der Waals surface area contributed by atoms with Crippen molar-refractivity contribution in [3.05, 3.63) is 58.9 Å². The molecular weight excluding hydrogens is 315 g/mol. The lowest BCUT2D eigenvalue weighted by Gasteiger charge is -2.01. The van der Waals surface area contributed by atoms with E-state index in [2.05, 4.69) is 20.2 Å². The zero-order chi connectivity index (χ0) is 16.7. The van der Waals surface area contributed by atoms with Crippen molar-refractivity contribution in [3.63, 3.8) is 0 Å². The third-order valence-corrected chi connectivity index (χ3v) is 3.59. The lowest BCUT2D eigenvalue weighted by Crippen LogP contribution is -2.21. The summed E-state index contributed by atoms with van der Waals surface area (Å²) in [6.45, 7) is 0.0882. The predicted molar refractivity (Wildman–Crippen MR) is 81.6 cm³/mol. The molecule has 0 radical (unpaired) electrons. The van der Waals surface area contributed by atoms with Crippen LogP contribution in [0.5, 0.6) is 0 Å². The summed E-state index contributed by atoms with van der Waals surface area (Å²) < 4.78 is 21.0. The zero-order valence-corrected chi connectivity index (χ0v) is 12.5. The van der Waals surface area contributed by atoms with Crippen molar-refractivity contribution < 1.29 is 8.91 Å². The van der Waals surface area contributed by atoms with Crippen LogP contribution >= 0.6 is 0 Å². The molecule has 4 aromatic rings. The fourth-order valence-electron chi connectivity index (χ4n) is 2.36. The van der Waals surface area contributed by atoms with E-state index in [1.807, 2.05) is 0 Å². The summed E-state index contributed by atoms with van der Waals surface area (Å²) in [5, 5.41) is 8.28. The van der Waals surface area contributed by atoms with E-state index in [1.165, 1.54) is 33.9 Å². The van der Waals surface area contributed by atoms with Crippen LogP contribution in [0.1, 0.15) is 5.89 Å². The minimum atomic E-state index is -0.343. The molecule has 0 N–H and O–H groups in total. The molecule has 1 aromatic carbocycles. The molecule has 0 unspecified atom stereocenters. The van der Waals surface area contributed by atoms with E-state index in [0.717, 1.165) is 0 Å². The maximum absolute atomic E-state index is 13.0. The van der Waals surface area contributed by atoms with Gasteiger partial charge in [-0.05, 0) is 24.3 Å². The molecule has 0 saturated carbocycles. The molecule has 120 valence electrons. The average molecular weight is 326 g/mol. The van der Waals surface area contributed by atoms with Gasteiger partial charge in [-0.3, -0.25) is 14.0 Å². The van der Waals surface area contributed by atoms with Crippen molar-refractivity contribution in [1.82, 2.24) is 29.5 Å². The molecule has 0 fully saturated rings.